The molecule has 0 rings (SSSR count). The zero-order valence-corrected chi connectivity index (χ0v) is 7.06. The lowest BCUT2D eigenvalue weighted by Crippen LogP contribution is -2.00. The second-order valence-corrected chi connectivity index (χ2v) is 2.49. The van der Waals surface area contributed by atoms with E-state index in [0.717, 1.165) is 19.3 Å². The van der Waals surface area contributed by atoms with Crippen LogP contribution in [0.2, 0.25) is 0 Å². The van der Waals surface area contributed by atoms with Crippen LogP contribution in [0.5, 0.6) is 0 Å². The minimum Gasteiger partial charge on any atom is -0.186 e. The van der Waals surface area contributed by atoms with E-state index in [1.165, 1.54) is 0 Å². The van der Waals surface area contributed by atoms with Gasteiger partial charge in [-0.05, 0) is 6.42 Å². The number of rotatable bonds is 5. The van der Waals surface area contributed by atoms with Crippen molar-refractivity contribution in [2.75, 3.05) is 6.54 Å². The van der Waals surface area contributed by atoms with Crippen molar-refractivity contribution in [3.05, 3.63) is 0 Å². The second kappa shape index (κ2) is 5.97. The lowest BCUT2D eigenvalue weighted by molar-refractivity contribution is -0.126. The zero-order valence-electron chi connectivity index (χ0n) is 7.06. The van der Waals surface area contributed by atoms with E-state index in [1.54, 1.807) is 0 Å². The SMILES string of the molecule is CCCCCCN=NC(F)(F)F. The van der Waals surface area contributed by atoms with Crippen molar-refractivity contribution in [2.24, 2.45) is 10.2 Å². The maximum Gasteiger partial charge on any atom is 0.520 e. The predicted octanol–water partition coefficient (Wildman–Crippen LogP) is 3.54. The van der Waals surface area contributed by atoms with Crippen LogP contribution in [0.4, 0.5) is 13.2 Å². The molecule has 0 aromatic carbocycles. The first-order chi connectivity index (χ1) is 5.56. The molecule has 0 aromatic heterocycles. The minimum absolute atomic E-state index is 0.180. The van der Waals surface area contributed by atoms with Crippen LogP contribution in [0.15, 0.2) is 10.2 Å². The van der Waals surface area contributed by atoms with Crippen LogP contribution in [-0.2, 0) is 0 Å². The van der Waals surface area contributed by atoms with Gasteiger partial charge in [0.1, 0.15) is 0 Å². The fourth-order valence-corrected chi connectivity index (χ4v) is 0.739. The lowest BCUT2D eigenvalue weighted by Gasteiger charge is -1.96. The zero-order chi connectivity index (χ0) is 9.45. The Morgan fingerprint density at radius 3 is 2.25 bits per heavy atom. The molecule has 0 aliphatic carbocycles. The summed E-state index contributed by atoms with van der Waals surface area (Å²) in [6.07, 6.45) is -0.774. The van der Waals surface area contributed by atoms with Crippen LogP contribution >= 0.6 is 0 Å². The van der Waals surface area contributed by atoms with Gasteiger partial charge in [0.2, 0.25) is 0 Å². The first kappa shape index (κ1) is 11.4. The first-order valence-electron chi connectivity index (χ1n) is 4.01. The first-order valence-corrected chi connectivity index (χ1v) is 4.01. The number of alkyl halides is 3. The van der Waals surface area contributed by atoms with Crippen molar-refractivity contribution < 1.29 is 13.2 Å². The molecule has 0 saturated heterocycles. The number of azo groups is 1. The summed E-state index contributed by atoms with van der Waals surface area (Å²) in [6, 6.07) is 0. The van der Waals surface area contributed by atoms with Gasteiger partial charge in [0.15, 0.2) is 0 Å². The normalized spacial score (nSPS) is 12.7. The van der Waals surface area contributed by atoms with Gasteiger partial charge in [-0.1, -0.05) is 31.3 Å². The molecule has 0 amide bonds. The molecule has 0 spiro atoms. The van der Waals surface area contributed by atoms with Crippen LogP contribution < -0.4 is 0 Å². The Morgan fingerprint density at radius 1 is 1.08 bits per heavy atom. The Hall–Kier alpha value is -0.610. The van der Waals surface area contributed by atoms with E-state index < -0.39 is 6.30 Å². The smallest absolute Gasteiger partial charge is 0.186 e. The Bertz CT molecular complexity index is 131. The molecule has 72 valence electrons. The number of hydrogen-bond acceptors (Lipinski definition) is 2. The molecule has 0 saturated carbocycles. The third-order valence-electron chi connectivity index (χ3n) is 1.30. The molecule has 2 nitrogen and oxygen atoms in total. The summed E-state index contributed by atoms with van der Waals surface area (Å²) < 4.78 is 34.1. The van der Waals surface area contributed by atoms with Gasteiger partial charge < -0.3 is 0 Å². The molecule has 0 aliphatic heterocycles. The van der Waals surface area contributed by atoms with Crippen molar-refractivity contribution in [1.29, 1.82) is 0 Å². The summed E-state index contributed by atoms with van der Waals surface area (Å²) in [5.74, 6) is 0. The van der Waals surface area contributed by atoms with Crippen molar-refractivity contribution in [2.45, 2.75) is 38.9 Å². The van der Waals surface area contributed by atoms with E-state index in [9.17, 15) is 13.2 Å². The average molecular weight is 182 g/mol. The molecule has 0 bridgehead atoms. The van der Waals surface area contributed by atoms with Gasteiger partial charge in [-0.25, -0.2) is 0 Å². The van der Waals surface area contributed by atoms with Crippen molar-refractivity contribution in [1.82, 2.24) is 0 Å². The van der Waals surface area contributed by atoms with E-state index in [0.29, 0.717) is 6.42 Å². The number of hydrogen-bond donors (Lipinski definition) is 0. The monoisotopic (exact) mass is 182 g/mol. The highest BCUT2D eigenvalue weighted by Gasteiger charge is 2.26. The van der Waals surface area contributed by atoms with Crippen molar-refractivity contribution >= 4 is 0 Å². The molecule has 0 aliphatic rings. The summed E-state index contributed by atoms with van der Waals surface area (Å²) in [5, 5.41) is 5.19. The largest absolute Gasteiger partial charge is 0.520 e. The van der Waals surface area contributed by atoms with E-state index >= 15 is 0 Å². The van der Waals surface area contributed by atoms with Crippen molar-refractivity contribution in [3.63, 3.8) is 0 Å². The van der Waals surface area contributed by atoms with Crippen molar-refractivity contribution in [3.8, 4) is 0 Å². The highest BCUT2D eigenvalue weighted by molar-refractivity contribution is 4.45. The Morgan fingerprint density at radius 2 is 1.75 bits per heavy atom. The van der Waals surface area contributed by atoms with E-state index in [4.69, 9.17) is 0 Å². The molecular weight excluding hydrogens is 169 g/mol. The van der Waals surface area contributed by atoms with E-state index in [1.807, 2.05) is 6.92 Å². The third-order valence-corrected chi connectivity index (χ3v) is 1.30. The summed E-state index contributed by atoms with van der Waals surface area (Å²) >= 11 is 0. The molecule has 12 heavy (non-hydrogen) atoms. The van der Waals surface area contributed by atoms with Gasteiger partial charge >= 0.3 is 6.30 Å². The topological polar surface area (TPSA) is 24.7 Å². The highest BCUT2D eigenvalue weighted by atomic mass is 19.4. The fraction of sp³-hybridized carbons (Fsp3) is 1.00. The van der Waals surface area contributed by atoms with Gasteiger partial charge in [0.05, 0.1) is 6.54 Å². The fourth-order valence-electron chi connectivity index (χ4n) is 0.739. The molecule has 0 aromatic rings. The van der Waals surface area contributed by atoms with Crippen LogP contribution in [0.25, 0.3) is 0 Å². The molecule has 0 heterocycles. The molecule has 0 radical (unpaired) electrons. The molecule has 0 unspecified atom stereocenters. The summed E-state index contributed by atoms with van der Waals surface area (Å²) in [5.41, 5.74) is 0. The maximum absolute atomic E-state index is 11.4. The quantitative estimate of drug-likeness (QED) is 0.353. The van der Waals surface area contributed by atoms with E-state index in [-0.39, 0.29) is 6.54 Å². The lowest BCUT2D eigenvalue weighted by atomic mass is 10.2. The van der Waals surface area contributed by atoms with E-state index in [2.05, 4.69) is 10.2 Å². The predicted molar refractivity (Wildman–Crippen MR) is 39.9 cm³/mol. The van der Waals surface area contributed by atoms with Crippen LogP contribution in [-0.4, -0.2) is 12.8 Å². The van der Waals surface area contributed by atoms with Crippen LogP contribution in [0, 0.1) is 0 Å². The summed E-state index contributed by atoms with van der Waals surface area (Å²) in [6.45, 7) is 2.22. The molecule has 0 atom stereocenters. The Balaban J connectivity index is 3.25. The van der Waals surface area contributed by atoms with Gasteiger partial charge in [-0.3, -0.25) is 0 Å². The maximum atomic E-state index is 11.4. The minimum atomic E-state index is -4.50. The number of unbranched alkanes of at least 4 members (excludes halogenated alkanes) is 3. The Kier molecular flexibility index (Phi) is 5.66. The Labute approximate surface area is 69.9 Å². The van der Waals surface area contributed by atoms with Gasteiger partial charge in [-0.2, -0.15) is 5.11 Å². The summed E-state index contributed by atoms with van der Waals surface area (Å²) in [7, 11) is 0. The molecule has 0 N–H and O–H groups in total. The number of nitrogens with zero attached hydrogens (tertiary/aromatic N) is 2. The summed E-state index contributed by atoms with van der Waals surface area (Å²) in [4.78, 5) is 0. The average Bonchev–Trinajstić information content (AvgIpc) is 1.94. The molecular formula is C7H13F3N2. The second-order valence-electron chi connectivity index (χ2n) is 2.49. The van der Waals surface area contributed by atoms with Crippen LogP contribution in [0.3, 0.4) is 0 Å². The highest BCUT2D eigenvalue weighted by Crippen LogP contribution is 2.16. The van der Waals surface area contributed by atoms with Gasteiger partial charge in [0, 0.05) is 0 Å². The third kappa shape index (κ3) is 9.39. The molecule has 0 fully saturated rings. The standard InChI is InChI=1S/C7H13F3N2/c1-2-3-4-5-6-11-12-7(8,9)10/h2-6H2,1H3. The molecule has 5 heteroatoms. The number of halogens is 3. The van der Waals surface area contributed by atoms with Gasteiger partial charge in [-0.15, -0.1) is 13.2 Å². The van der Waals surface area contributed by atoms with Crippen LogP contribution in [0.1, 0.15) is 32.6 Å². The van der Waals surface area contributed by atoms with Gasteiger partial charge in [0.25, 0.3) is 0 Å².